The predicted molar refractivity (Wildman–Crippen MR) is 113 cm³/mol. The van der Waals surface area contributed by atoms with Gasteiger partial charge in [0.15, 0.2) is 0 Å². The Hall–Kier alpha value is -2.61. The summed E-state index contributed by atoms with van der Waals surface area (Å²) in [7, 11) is -2.35. The van der Waals surface area contributed by atoms with E-state index < -0.39 is 10.0 Å². The van der Waals surface area contributed by atoms with E-state index in [1.165, 1.54) is 57.4 Å². The summed E-state index contributed by atoms with van der Waals surface area (Å²) in [5.74, 6) is 0.693. The first-order chi connectivity index (χ1) is 13.9. The molecule has 0 atom stereocenters. The van der Waals surface area contributed by atoms with Crippen molar-refractivity contribution in [1.29, 1.82) is 0 Å². The largest absolute Gasteiger partial charge is 0.379 e. The molecule has 0 bridgehead atoms. The molecule has 2 aromatic rings. The molecule has 7 nitrogen and oxygen atoms in total. The van der Waals surface area contributed by atoms with Crippen LogP contribution in [0.3, 0.4) is 0 Å². The maximum Gasteiger partial charge on any atom is 0.341 e. The van der Waals surface area contributed by atoms with E-state index >= 15 is 0 Å². The molecule has 0 aromatic heterocycles. The van der Waals surface area contributed by atoms with Crippen LogP contribution in [0.5, 0.6) is 0 Å². The number of hydrogen-bond acceptors (Lipinski definition) is 4. The zero-order valence-corrected chi connectivity index (χ0v) is 17.4. The summed E-state index contributed by atoms with van der Waals surface area (Å²) in [5, 5.41) is 12.8. The van der Waals surface area contributed by atoms with Crippen molar-refractivity contribution in [1.82, 2.24) is 0 Å². The van der Waals surface area contributed by atoms with Gasteiger partial charge in [-0.1, -0.05) is 50.3 Å². The molecule has 1 aliphatic carbocycles. The highest BCUT2D eigenvalue weighted by Gasteiger charge is 2.26. The van der Waals surface area contributed by atoms with Gasteiger partial charge in [-0.3, -0.25) is 4.31 Å². The van der Waals surface area contributed by atoms with E-state index in [0.717, 1.165) is 10.7 Å². The van der Waals surface area contributed by atoms with E-state index in [2.05, 4.69) is 5.32 Å². The summed E-state index contributed by atoms with van der Waals surface area (Å²) in [6, 6.07) is 12.7. The number of hydrogen-bond donors (Lipinski definition) is 2. The normalized spacial score (nSPS) is 15.1. The molecule has 1 fully saturated rings. The molecule has 0 saturated heterocycles. The fraction of sp³-hybridized carbons (Fsp3) is 0.429. The van der Waals surface area contributed by atoms with E-state index in [9.17, 15) is 18.5 Å². The van der Waals surface area contributed by atoms with Crippen molar-refractivity contribution >= 4 is 27.1 Å². The lowest BCUT2D eigenvalue weighted by Crippen LogP contribution is -2.26. The molecule has 2 aromatic carbocycles. The lowest BCUT2D eigenvalue weighted by molar-refractivity contribution is -0.729. The van der Waals surface area contributed by atoms with Crippen molar-refractivity contribution in [2.45, 2.75) is 43.4 Å². The summed E-state index contributed by atoms with van der Waals surface area (Å²) in [5.41, 5.74) is 0.755. The third-order valence-electron chi connectivity index (χ3n) is 5.55. The second-order valence-corrected chi connectivity index (χ2v) is 9.45. The number of sulfonamides is 1. The Morgan fingerprint density at radius 3 is 2.45 bits per heavy atom. The van der Waals surface area contributed by atoms with E-state index in [-0.39, 0.29) is 21.2 Å². The minimum absolute atomic E-state index is 0.0127. The van der Waals surface area contributed by atoms with Crippen LogP contribution in [0.2, 0.25) is 0 Å². The minimum Gasteiger partial charge on any atom is -0.379 e. The van der Waals surface area contributed by atoms with Crippen LogP contribution in [0.15, 0.2) is 53.4 Å². The first-order valence-electron chi connectivity index (χ1n) is 9.97. The second-order valence-electron chi connectivity index (χ2n) is 7.48. The number of anilines is 2. The SMILES string of the molecule is CN(c1ccc(NCCC2CCCCC2)c([N+](=O)O)c1)S(=O)(=O)c1ccccc1. The lowest BCUT2D eigenvalue weighted by Gasteiger charge is -2.22. The average molecular weight is 419 g/mol. The Morgan fingerprint density at radius 1 is 1.10 bits per heavy atom. The summed E-state index contributed by atoms with van der Waals surface area (Å²) in [4.78, 5) is 11.6. The number of benzene rings is 2. The van der Waals surface area contributed by atoms with Crippen molar-refractivity contribution in [3.8, 4) is 0 Å². The molecule has 1 saturated carbocycles. The van der Waals surface area contributed by atoms with Crippen LogP contribution < -0.4 is 9.62 Å². The van der Waals surface area contributed by atoms with Crippen LogP contribution >= 0.6 is 0 Å². The van der Waals surface area contributed by atoms with Gasteiger partial charge in [0.1, 0.15) is 5.69 Å². The van der Waals surface area contributed by atoms with Gasteiger partial charge in [0.25, 0.3) is 14.9 Å². The van der Waals surface area contributed by atoms with Gasteiger partial charge >= 0.3 is 5.69 Å². The summed E-state index contributed by atoms with van der Waals surface area (Å²) in [6.45, 7) is 0.697. The smallest absolute Gasteiger partial charge is 0.341 e. The Bertz CT molecular complexity index is 942. The Labute approximate surface area is 171 Å². The highest BCUT2D eigenvalue weighted by atomic mass is 32.2. The topological polar surface area (TPSA) is 89.7 Å². The maximum absolute atomic E-state index is 12.8. The number of rotatable bonds is 8. The van der Waals surface area contributed by atoms with Gasteiger partial charge < -0.3 is 5.32 Å². The first kappa shape index (κ1) is 21.1. The molecular formula is C21H28N3O4S+. The molecule has 3 rings (SSSR count). The van der Waals surface area contributed by atoms with E-state index in [0.29, 0.717) is 18.2 Å². The van der Waals surface area contributed by atoms with Gasteiger partial charge in [-0.15, -0.1) is 0 Å². The molecule has 0 radical (unpaired) electrons. The van der Waals surface area contributed by atoms with Crippen molar-refractivity contribution < 1.29 is 18.5 Å². The third kappa shape index (κ3) is 5.06. The molecule has 156 valence electrons. The van der Waals surface area contributed by atoms with Gasteiger partial charge in [0.05, 0.1) is 15.5 Å². The fourth-order valence-corrected chi connectivity index (χ4v) is 5.01. The Morgan fingerprint density at radius 2 is 1.79 bits per heavy atom. The zero-order chi connectivity index (χ0) is 20.9. The number of nitrogens with one attached hydrogen (secondary N) is 1. The third-order valence-corrected chi connectivity index (χ3v) is 7.35. The van der Waals surface area contributed by atoms with Gasteiger partial charge in [-0.05, 0) is 36.6 Å². The fourth-order valence-electron chi connectivity index (χ4n) is 3.80. The zero-order valence-electron chi connectivity index (χ0n) is 16.6. The molecule has 2 N–H and O–H groups in total. The average Bonchev–Trinajstić information content (AvgIpc) is 2.74. The second kappa shape index (κ2) is 9.26. The van der Waals surface area contributed by atoms with Crippen molar-refractivity contribution in [3.05, 3.63) is 53.4 Å². The van der Waals surface area contributed by atoms with Gasteiger partial charge in [-0.2, -0.15) is 0 Å². The van der Waals surface area contributed by atoms with Crippen LogP contribution in [0, 0.1) is 10.8 Å². The summed E-state index contributed by atoms with van der Waals surface area (Å²) < 4.78 is 26.7. The van der Waals surface area contributed by atoms with Crippen LogP contribution in [0.1, 0.15) is 38.5 Å². The van der Waals surface area contributed by atoms with Crippen LogP contribution in [0.4, 0.5) is 17.1 Å². The van der Waals surface area contributed by atoms with Crippen molar-refractivity contribution in [2.24, 2.45) is 5.92 Å². The maximum atomic E-state index is 12.8. The quantitative estimate of drug-likeness (QED) is 0.607. The molecule has 0 aliphatic heterocycles. The molecule has 0 spiro atoms. The molecule has 29 heavy (non-hydrogen) atoms. The van der Waals surface area contributed by atoms with Crippen LogP contribution in [0.25, 0.3) is 0 Å². The molecule has 0 unspecified atom stereocenters. The number of nitrogens with zero attached hydrogens (tertiary/aromatic N) is 2. The minimum atomic E-state index is -3.77. The molecule has 0 amide bonds. The highest BCUT2D eigenvalue weighted by Crippen LogP contribution is 2.32. The van der Waals surface area contributed by atoms with Crippen LogP contribution in [-0.2, 0) is 10.0 Å². The molecular weight excluding hydrogens is 390 g/mol. The van der Waals surface area contributed by atoms with Crippen molar-refractivity contribution in [2.75, 3.05) is 23.2 Å². The van der Waals surface area contributed by atoms with Gasteiger partial charge in [0, 0.05) is 19.7 Å². The molecule has 1 aliphatic rings. The van der Waals surface area contributed by atoms with E-state index in [1.54, 1.807) is 30.3 Å². The van der Waals surface area contributed by atoms with E-state index in [1.807, 2.05) is 0 Å². The highest BCUT2D eigenvalue weighted by molar-refractivity contribution is 7.92. The predicted octanol–water partition coefficient (Wildman–Crippen LogP) is 4.69. The van der Waals surface area contributed by atoms with Gasteiger partial charge in [0.2, 0.25) is 0 Å². The Balaban J connectivity index is 1.75. The Kier molecular flexibility index (Phi) is 6.74. The summed E-state index contributed by atoms with van der Waals surface area (Å²) in [6.07, 6.45) is 7.35. The lowest BCUT2D eigenvalue weighted by atomic mass is 9.87. The monoisotopic (exact) mass is 418 g/mol. The van der Waals surface area contributed by atoms with Crippen LogP contribution in [-0.4, -0.2) is 32.1 Å². The first-order valence-corrected chi connectivity index (χ1v) is 11.4. The standard InChI is InChI=1S/C21H28N3O4S/c1-23(29(27,28)19-10-6-3-7-11-19)18-12-13-20(21(16-18)24(25)26)22-15-14-17-8-4-2-5-9-17/h3,6-7,10-13,16-17,22H,2,4-5,8-9,14-15H2,1H3,(H,25,26)/q+1. The summed E-state index contributed by atoms with van der Waals surface area (Å²) >= 11 is 0. The molecule has 8 heteroatoms. The molecule has 0 heterocycles. The van der Waals surface area contributed by atoms with E-state index in [4.69, 9.17) is 0 Å². The van der Waals surface area contributed by atoms with Crippen molar-refractivity contribution in [3.63, 3.8) is 0 Å². The van der Waals surface area contributed by atoms with Gasteiger partial charge in [-0.25, -0.2) is 13.6 Å².